The second-order valence-corrected chi connectivity index (χ2v) is 7.27. The van der Waals surface area contributed by atoms with Gasteiger partial charge < -0.3 is 5.11 Å². The van der Waals surface area contributed by atoms with Crippen LogP contribution in [0.4, 0.5) is 0 Å². The Kier molecular flexibility index (Phi) is 3.79. The van der Waals surface area contributed by atoms with E-state index in [1.807, 2.05) is 0 Å². The van der Waals surface area contributed by atoms with Crippen LogP contribution in [0.25, 0.3) is 0 Å². The summed E-state index contributed by atoms with van der Waals surface area (Å²) in [6.07, 6.45) is 0. The van der Waals surface area contributed by atoms with Crippen molar-refractivity contribution < 1.29 is 13.5 Å². The maximum absolute atomic E-state index is 12.1. The lowest BCUT2D eigenvalue weighted by molar-refractivity contribution is 0.282. The number of sulfonamides is 1. The largest absolute Gasteiger partial charge is 0.391 e. The average molecular weight is 263 g/mol. The zero-order chi connectivity index (χ0) is 12.6. The minimum Gasteiger partial charge on any atom is -0.391 e. The fraction of sp³-hybridized carbons (Fsp3) is 0.600. The van der Waals surface area contributed by atoms with Gasteiger partial charge >= 0.3 is 0 Å². The third kappa shape index (κ3) is 3.04. The van der Waals surface area contributed by atoms with Crippen molar-refractivity contribution in [2.45, 2.75) is 44.7 Å². The predicted octanol–water partition coefficient (Wildman–Crippen LogP) is 1.63. The summed E-state index contributed by atoms with van der Waals surface area (Å²) in [6, 6.07) is 0. The van der Waals surface area contributed by atoms with Crippen molar-refractivity contribution in [3.63, 3.8) is 0 Å². The molecule has 1 heterocycles. The van der Waals surface area contributed by atoms with E-state index < -0.39 is 15.6 Å². The molecule has 0 bridgehead atoms. The van der Waals surface area contributed by atoms with Crippen LogP contribution in [0.15, 0.2) is 10.3 Å². The topological polar surface area (TPSA) is 66.4 Å². The summed E-state index contributed by atoms with van der Waals surface area (Å²) in [5.41, 5.74) is 0.144. The normalized spacial score (nSPS) is 13.1. The molecule has 0 aliphatic rings. The van der Waals surface area contributed by atoms with Crippen LogP contribution in [0.2, 0.25) is 0 Å². The van der Waals surface area contributed by atoms with Gasteiger partial charge in [0.2, 0.25) is 10.0 Å². The van der Waals surface area contributed by atoms with Gasteiger partial charge in [0.05, 0.1) is 11.5 Å². The van der Waals surface area contributed by atoms with Gasteiger partial charge in [-0.1, -0.05) is 0 Å². The van der Waals surface area contributed by atoms with Crippen molar-refractivity contribution in [3.05, 3.63) is 15.8 Å². The molecular weight excluding hydrogens is 246 g/mol. The van der Waals surface area contributed by atoms with Crippen molar-refractivity contribution in [1.29, 1.82) is 0 Å². The van der Waals surface area contributed by atoms with Gasteiger partial charge in [0, 0.05) is 5.54 Å². The summed E-state index contributed by atoms with van der Waals surface area (Å²) in [7, 11) is -3.55. The first-order chi connectivity index (χ1) is 7.17. The number of hydrogen-bond acceptors (Lipinski definition) is 4. The molecule has 2 N–H and O–H groups in total. The highest BCUT2D eigenvalue weighted by Crippen LogP contribution is 2.27. The molecule has 0 unspecified atom stereocenters. The highest BCUT2D eigenvalue weighted by Gasteiger charge is 2.26. The molecule has 0 aromatic carbocycles. The van der Waals surface area contributed by atoms with Crippen molar-refractivity contribution in [1.82, 2.24) is 4.72 Å². The van der Waals surface area contributed by atoms with Crippen molar-refractivity contribution in [2.24, 2.45) is 0 Å². The van der Waals surface area contributed by atoms with Gasteiger partial charge in [-0.2, -0.15) is 0 Å². The predicted molar refractivity (Wildman–Crippen MR) is 65.1 cm³/mol. The van der Waals surface area contributed by atoms with Crippen LogP contribution in [-0.2, 0) is 16.6 Å². The van der Waals surface area contributed by atoms with E-state index >= 15 is 0 Å². The molecule has 0 aliphatic carbocycles. The first-order valence-electron chi connectivity index (χ1n) is 4.89. The van der Waals surface area contributed by atoms with E-state index in [-0.39, 0.29) is 11.5 Å². The van der Waals surface area contributed by atoms with Gasteiger partial charge in [-0.15, -0.1) is 11.3 Å². The van der Waals surface area contributed by atoms with Gasteiger partial charge in [-0.05, 0) is 38.6 Å². The summed E-state index contributed by atoms with van der Waals surface area (Å²) in [4.78, 5) is 0.698. The Hall–Kier alpha value is -0.430. The molecule has 0 amide bonds. The first-order valence-corrected chi connectivity index (χ1v) is 7.25. The number of aliphatic hydroxyl groups excluding tert-OH is 1. The Labute approximate surface area is 100 Å². The highest BCUT2D eigenvalue weighted by molar-refractivity contribution is 7.89. The van der Waals surface area contributed by atoms with Crippen LogP contribution in [0.1, 0.15) is 31.2 Å². The number of rotatable bonds is 3. The molecule has 1 rings (SSSR count). The molecule has 6 heteroatoms. The van der Waals surface area contributed by atoms with Gasteiger partial charge in [0.25, 0.3) is 0 Å². The van der Waals surface area contributed by atoms with Crippen LogP contribution < -0.4 is 4.72 Å². The van der Waals surface area contributed by atoms with Gasteiger partial charge in [0.1, 0.15) is 4.90 Å². The lowest BCUT2D eigenvalue weighted by Crippen LogP contribution is -2.40. The smallest absolute Gasteiger partial charge is 0.242 e. The summed E-state index contributed by atoms with van der Waals surface area (Å²) in [5, 5.41) is 10.9. The zero-order valence-corrected chi connectivity index (χ0v) is 11.5. The molecule has 0 spiro atoms. The molecule has 0 saturated heterocycles. The maximum atomic E-state index is 12.1. The van der Waals surface area contributed by atoms with Gasteiger partial charge in [-0.25, -0.2) is 13.1 Å². The van der Waals surface area contributed by atoms with Gasteiger partial charge in [0.15, 0.2) is 0 Å². The van der Waals surface area contributed by atoms with Gasteiger partial charge in [-0.3, -0.25) is 0 Å². The molecule has 0 atom stereocenters. The Balaban J connectivity index is 3.22. The zero-order valence-electron chi connectivity index (χ0n) is 9.86. The van der Waals surface area contributed by atoms with Crippen LogP contribution in [-0.4, -0.2) is 19.1 Å². The standard InChI is InChI=1S/C10H17NO3S2/c1-7-6-15-8(5-12)9(7)16(13,14)11-10(2,3)4/h6,11-12H,5H2,1-4H3. The molecule has 4 nitrogen and oxygen atoms in total. The van der Waals surface area contributed by atoms with Crippen LogP contribution >= 0.6 is 11.3 Å². The molecule has 0 saturated carbocycles. The number of nitrogens with one attached hydrogen (secondary N) is 1. The Morgan fingerprint density at radius 2 is 2.00 bits per heavy atom. The van der Waals surface area contributed by atoms with Crippen molar-refractivity contribution in [3.8, 4) is 0 Å². The van der Waals surface area contributed by atoms with E-state index in [1.165, 1.54) is 11.3 Å². The molecule has 92 valence electrons. The van der Waals surface area contributed by atoms with Crippen LogP contribution in [0, 0.1) is 6.92 Å². The number of aliphatic hydroxyl groups is 1. The molecule has 0 aliphatic heterocycles. The summed E-state index contributed by atoms with van der Waals surface area (Å²) < 4.78 is 26.8. The number of hydrogen-bond donors (Lipinski definition) is 2. The SMILES string of the molecule is Cc1csc(CO)c1S(=O)(=O)NC(C)(C)C. The monoisotopic (exact) mass is 263 g/mol. The summed E-state index contributed by atoms with van der Waals surface area (Å²) in [6.45, 7) is 6.83. The Bertz CT molecular complexity index is 469. The molecule has 1 aromatic heterocycles. The highest BCUT2D eigenvalue weighted by atomic mass is 32.2. The van der Waals surface area contributed by atoms with E-state index in [2.05, 4.69) is 4.72 Å². The quantitative estimate of drug-likeness (QED) is 0.871. The van der Waals surface area contributed by atoms with Crippen LogP contribution in [0.3, 0.4) is 0 Å². The minimum atomic E-state index is -3.55. The lowest BCUT2D eigenvalue weighted by atomic mass is 10.1. The maximum Gasteiger partial charge on any atom is 0.242 e. The molecule has 1 aromatic rings. The van der Waals surface area contributed by atoms with E-state index in [0.717, 1.165) is 0 Å². The van der Waals surface area contributed by atoms with Crippen molar-refractivity contribution >= 4 is 21.4 Å². The van der Waals surface area contributed by atoms with E-state index in [0.29, 0.717) is 10.4 Å². The number of thiophene rings is 1. The second kappa shape index (κ2) is 4.44. The fourth-order valence-corrected chi connectivity index (χ4v) is 4.49. The minimum absolute atomic E-state index is 0.218. The number of aryl methyl sites for hydroxylation is 1. The summed E-state index contributed by atoms with van der Waals surface area (Å²) >= 11 is 1.26. The third-order valence-electron chi connectivity index (χ3n) is 1.84. The van der Waals surface area contributed by atoms with E-state index in [9.17, 15) is 8.42 Å². The molecule has 0 fully saturated rings. The Morgan fingerprint density at radius 1 is 1.44 bits per heavy atom. The fourth-order valence-electron chi connectivity index (χ4n) is 1.41. The Morgan fingerprint density at radius 3 is 2.44 bits per heavy atom. The van der Waals surface area contributed by atoms with Crippen molar-refractivity contribution in [2.75, 3.05) is 0 Å². The second-order valence-electron chi connectivity index (χ2n) is 4.68. The third-order valence-corrected chi connectivity index (χ3v) is 5.05. The van der Waals surface area contributed by atoms with Crippen LogP contribution in [0.5, 0.6) is 0 Å². The van der Waals surface area contributed by atoms with E-state index in [4.69, 9.17) is 5.11 Å². The lowest BCUT2D eigenvalue weighted by Gasteiger charge is -2.20. The average Bonchev–Trinajstić information content (AvgIpc) is 2.42. The molecule has 16 heavy (non-hydrogen) atoms. The molecule has 0 radical (unpaired) electrons. The summed E-state index contributed by atoms with van der Waals surface area (Å²) in [5.74, 6) is 0. The molecular formula is C10H17NO3S2. The first kappa shape index (κ1) is 13.6. The van der Waals surface area contributed by atoms with E-state index in [1.54, 1.807) is 33.1 Å².